The number of nitrogens with two attached hydrogens (primary N) is 1. The van der Waals surface area contributed by atoms with Crippen LogP contribution in [0.5, 0.6) is 0 Å². The molecular weight excluding hydrogens is 214 g/mol. The van der Waals surface area contributed by atoms with Gasteiger partial charge in [0.1, 0.15) is 0 Å². The molecule has 0 aliphatic heterocycles. The van der Waals surface area contributed by atoms with Gasteiger partial charge in [-0.25, -0.2) is 0 Å². The van der Waals surface area contributed by atoms with Gasteiger partial charge >= 0.3 is 0 Å². The van der Waals surface area contributed by atoms with E-state index in [1.807, 2.05) is 51.0 Å². The Labute approximate surface area is 103 Å². The quantitative estimate of drug-likeness (QED) is 0.835. The zero-order valence-electron chi connectivity index (χ0n) is 10.9. The van der Waals surface area contributed by atoms with E-state index in [9.17, 15) is 4.79 Å². The molecule has 0 saturated heterocycles. The first-order valence-corrected chi connectivity index (χ1v) is 5.74. The highest BCUT2D eigenvalue weighted by atomic mass is 16.1. The molecule has 0 bridgehead atoms. The lowest BCUT2D eigenvalue weighted by molar-refractivity contribution is -0.116. The van der Waals surface area contributed by atoms with Crippen LogP contribution in [0.25, 0.3) is 0 Å². The molecule has 1 unspecified atom stereocenters. The number of anilines is 2. The van der Waals surface area contributed by atoms with Crippen LogP contribution in [0.1, 0.15) is 18.9 Å². The average Bonchev–Trinajstić information content (AvgIpc) is 2.19. The maximum atomic E-state index is 11.7. The molecule has 0 aromatic heterocycles. The van der Waals surface area contributed by atoms with Crippen LogP contribution < -0.4 is 16.0 Å². The van der Waals surface area contributed by atoms with Gasteiger partial charge in [0, 0.05) is 37.9 Å². The van der Waals surface area contributed by atoms with Gasteiger partial charge in [0.15, 0.2) is 0 Å². The number of carbonyl (C=O) groups excluding carboxylic acids is 1. The zero-order valence-corrected chi connectivity index (χ0v) is 10.9. The number of amides is 1. The summed E-state index contributed by atoms with van der Waals surface area (Å²) in [5, 5.41) is 2.89. The molecule has 0 radical (unpaired) electrons. The molecule has 4 nitrogen and oxygen atoms in total. The fourth-order valence-electron chi connectivity index (χ4n) is 1.74. The van der Waals surface area contributed by atoms with Gasteiger partial charge in [-0.05, 0) is 31.5 Å². The Bertz CT molecular complexity index is 400. The van der Waals surface area contributed by atoms with Crippen molar-refractivity contribution in [2.75, 3.05) is 24.3 Å². The van der Waals surface area contributed by atoms with Crippen LogP contribution in [0.3, 0.4) is 0 Å². The average molecular weight is 235 g/mol. The Morgan fingerprint density at radius 3 is 2.65 bits per heavy atom. The van der Waals surface area contributed by atoms with E-state index in [4.69, 9.17) is 5.73 Å². The van der Waals surface area contributed by atoms with Crippen LogP contribution >= 0.6 is 0 Å². The predicted octanol–water partition coefficient (Wildman–Crippen LogP) is 1.74. The van der Waals surface area contributed by atoms with Crippen molar-refractivity contribution in [3.05, 3.63) is 23.8 Å². The maximum Gasteiger partial charge on any atom is 0.225 e. The van der Waals surface area contributed by atoms with Crippen molar-refractivity contribution in [2.45, 2.75) is 26.3 Å². The van der Waals surface area contributed by atoms with Crippen molar-refractivity contribution < 1.29 is 4.79 Å². The van der Waals surface area contributed by atoms with E-state index in [0.717, 1.165) is 16.9 Å². The lowest BCUT2D eigenvalue weighted by Crippen LogP contribution is -2.24. The number of nitrogens with one attached hydrogen (secondary N) is 1. The Morgan fingerprint density at radius 2 is 2.12 bits per heavy atom. The van der Waals surface area contributed by atoms with Gasteiger partial charge in [-0.3, -0.25) is 4.79 Å². The molecule has 0 spiro atoms. The minimum Gasteiger partial charge on any atom is -0.377 e. The van der Waals surface area contributed by atoms with Gasteiger partial charge in [0.05, 0.1) is 0 Å². The van der Waals surface area contributed by atoms with Gasteiger partial charge in [0.25, 0.3) is 0 Å². The van der Waals surface area contributed by atoms with Crippen LogP contribution in [-0.2, 0) is 4.79 Å². The van der Waals surface area contributed by atoms with Gasteiger partial charge in [0.2, 0.25) is 5.91 Å². The number of hydrogen-bond donors (Lipinski definition) is 2. The lowest BCUT2D eigenvalue weighted by atomic mass is 10.1. The Hall–Kier alpha value is -1.55. The number of rotatable bonds is 4. The zero-order chi connectivity index (χ0) is 13.0. The third-order valence-electron chi connectivity index (χ3n) is 2.57. The normalized spacial score (nSPS) is 12.1. The first-order valence-electron chi connectivity index (χ1n) is 5.74. The minimum atomic E-state index is -0.118. The Balaban J connectivity index is 2.85. The summed E-state index contributed by atoms with van der Waals surface area (Å²) in [6.07, 6.45) is 0.339. The second-order valence-corrected chi connectivity index (χ2v) is 4.57. The van der Waals surface area contributed by atoms with E-state index in [1.165, 1.54) is 0 Å². The highest BCUT2D eigenvalue weighted by molar-refractivity contribution is 5.92. The Morgan fingerprint density at radius 1 is 1.47 bits per heavy atom. The molecule has 3 N–H and O–H groups in total. The van der Waals surface area contributed by atoms with E-state index < -0.39 is 0 Å². The van der Waals surface area contributed by atoms with E-state index in [2.05, 4.69) is 5.32 Å². The molecule has 1 aromatic rings. The van der Waals surface area contributed by atoms with E-state index in [1.54, 1.807) is 0 Å². The first-order chi connectivity index (χ1) is 7.91. The van der Waals surface area contributed by atoms with Crippen molar-refractivity contribution in [3.8, 4) is 0 Å². The van der Waals surface area contributed by atoms with Crippen LogP contribution in [0.15, 0.2) is 18.2 Å². The largest absolute Gasteiger partial charge is 0.377 e. The van der Waals surface area contributed by atoms with Gasteiger partial charge in [-0.15, -0.1) is 0 Å². The molecule has 1 amide bonds. The minimum absolute atomic E-state index is 0.0426. The summed E-state index contributed by atoms with van der Waals surface area (Å²) in [4.78, 5) is 13.7. The van der Waals surface area contributed by atoms with Crippen LogP contribution in [-0.4, -0.2) is 26.0 Å². The molecule has 0 saturated carbocycles. The van der Waals surface area contributed by atoms with E-state index in [0.29, 0.717) is 6.42 Å². The number of carbonyl (C=O) groups is 1. The SMILES string of the molecule is Cc1c(NC(=O)CC(C)N)cccc1N(C)C. The summed E-state index contributed by atoms with van der Waals surface area (Å²) in [5.41, 5.74) is 8.61. The van der Waals surface area contributed by atoms with Gasteiger partial charge in [-0.2, -0.15) is 0 Å². The van der Waals surface area contributed by atoms with Crippen LogP contribution in [0.4, 0.5) is 11.4 Å². The topological polar surface area (TPSA) is 58.4 Å². The first kappa shape index (κ1) is 13.5. The molecule has 94 valence electrons. The monoisotopic (exact) mass is 235 g/mol. The Kier molecular flexibility index (Phi) is 4.52. The molecule has 1 rings (SSSR count). The second-order valence-electron chi connectivity index (χ2n) is 4.57. The van der Waals surface area contributed by atoms with Crippen molar-refractivity contribution >= 4 is 17.3 Å². The van der Waals surface area contributed by atoms with Crippen molar-refractivity contribution in [1.82, 2.24) is 0 Å². The number of benzene rings is 1. The second kappa shape index (κ2) is 5.68. The summed E-state index contributed by atoms with van der Waals surface area (Å²) < 4.78 is 0. The fourth-order valence-corrected chi connectivity index (χ4v) is 1.74. The highest BCUT2D eigenvalue weighted by Gasteiger charge is 2.09. The smallest absolute Gasteiger partial charge is 0.225 e. The molecule has 1 atom stereocenters. The third-order valence-corrected chi connectivity index (χ3v) is 2.57. The predicted molar refractivity (Wildman–Crippen MR) is 72.4 cm³/mol. The summed E-state index contributed by atoms with van der Waals surface area (Å²) in [6.45, 7) is 3.82. The van der Waals surface area contributed by atoms with E-state index in [-0.39, 0.29) is 11.9 Å². The summed E-state index contributed by atoms with van der Waals surface area (Å²) in [5.74, 6) is -0.0426. The fraction of sp³-hybridized carbons (Fsp3) is 0.462. The van der Waals surface area contributed by atoms with Crippen molar-refractivity contribution in [1.29, 1.82) is 0 Å². The third kappa shape index (κ3) is 3.75. The van der Waals surface area contributed by atoms with Crippen molar-refractivity contribution in [2.24, 2.45) is 5.73 Å². The number of hydrogen-bond acceptors (Lipinski definition) is 3. The standard InChI is InChI=1S/C13H21N3O/c1-9(14)8-13(17)15-11-6-5-7-12(10(11)2)16(3)4/h5-7,9H,8,14H2,1-4H3,(H,15,17). The summed E-state index contributed by atoms with van der Waals surface area (Å²) in [6, 6.07) is 5.74. The lowest BCUT2D eigenvalue weighted by Gasteiger charge is -2.18. The van der Waals surface area contributed by atoms with Crippen LogP contribution in [0.2, 0.25) is 0 Å². The van der Waals surface area contributed by atoms with Gasteiger partial charge < -0.3 is 16.0 Å². The molecular formula is C13H21N3O. The molecule has 4 heteroatoms. The molecule has 0 aliphatic rings. The molecule has 0 aliphatic carbocycles. The maximum absolute atomic E-state index is 11.7. The molecule has 1 aromatic carbocycles. The molecule has 0 fully saturated rings. The molecule has 17 heavy (non-hydrogen) atoms. The molecule has 0 heterocycles. The van der Waals surface area contributed by atoms with Crippen molar-refractivity contribution in [3.63, 3.8) is 0 Å². The van der Waals surface area contributed by atoms with Crippen LogP contribution in [0, 0.1) is 6.92 Å². The van der Waals surface area contributed by atoms with Gasteiger partial charge in [-0.1, -0.05) is 6.07 Å². The number of nitrogens with zero attached hydrogens (tertiary/aromatic N) is 1. The summed E-state index contributed by atoms with van der Waals surface area (Å²) >= 11 is 0. The summed E-state index contributed by atoms with van der Waals surface area (Å²) in [7, 11) is 3.96. The highest BCUT2D eigenvalue weighted by Crippen LogP contribution is 2.25. The van der Waals surface area contributed by atoms with E-state index >= 15 is 0 Å².